The average Bonchev–Trinajstić information content (AvgIpc) is 1.87. The Morgan fingerprint density at radius 3 is 2.86 bits per heavy atom. The van der Waals surface area contributed by atoms with Gasteiger partial charge in [0.1, 0.15) is 0 Å². The zero-order valence-electron chi connectivity index (χ0n) is 3.69. The molecule has 0 radical (unpaired) electrons. The van der Waals surface area contributed by atoms with Crippen molar-refractivity contribution in [2.45, 2.75) is 0 Å². The second-order valence-corrected chi connectivity index (χ2v) is 1.80. The zero-order chi connectivity index (χ0) is 5.28. The molecule has 7 heavy (non-hydrogen) atoms. The van der Waals surface area contributed by atoms with Crippen LogP contribution in [0.2, 0.25) is 0 Å². The summed E-state index contributed by atoms with van der Waals surface area (Å²) >= 11 is 5.48. The summed E-state index contributed by atoms with van der Waals surface area (Å²) in [5, 5.41) is 2.07. The van der Waals surface area contributed by atoms with Crippen LogP contribution in [0.3, 0.4) is 0 Å². The van der Waals surface area contributed by atoms with E-state index in [0.717, 1.165) is 5.03 Å². The Morgan fingerprint density at radius 1 is 2.00 bits per heavy atom. The van der Waals surface area contributed by atoms with Gasteiger partial charge >= 0.3 is 0 Å². The molecular weight excluding hydrogens is 114 g/mol. The Kier molecular flexibility index (Phi) is 1.19. The molecule has 3 N–H and O–H groups in total. The van der Waals surface area contributed by atoms with E-state index in [0.29, 0.717) is 6.54 Å². The number of rotatable bonds is 0. The summed E-state index contributed by atoms with van der Waals surface area (Å²) in [5.41, 5.74) is 2.76. The molecule has 1 heterocycles. The fraction of sp³-hybridized carbons (Fsp3) is 0.333. The minimum atomic E-state index is 0.651. The van der Waals surface area contributed by atoms with Crippen LogP contribution >= 0.6 is 11.6 Å². The molecule has 1 rings (SSSR count). The van der Waals surface area contributed by atoms with E-state index in [1.54, 1.807) is 6.20 Å². The molecule has 1 aliphatic rings. The summed E-state index contributed by atoms with van der Waals surface area (Å²) in [5.74, 6) is 5.19. The molecule has 0 unspecified atom stereocenters. The molecule has 0 saturated heterocycles. The number of hydrazine groups is 2. The fourth-order valence-corrected chi connectivity index (χ4v) is 0.574. The van der Waals surface area contributed by atoms with E-state index in [1.165, 1.54) is 5.12 Å². The van der Waals surface area contributed by atoms with Gasteiger partial charge in [0.2, 0.25) is 0 Å². The van der Waals surface area contributed by atoms with Gasteiger partial charge in [-0.05, 0) is 0 Å². The maximum absolute atomic E-state index is 5.48. The largest absolute Gasteiger partial charge is 0.250 e. The molecule has 3 nitrogen and oxygen atoms in total. The van der Waals surface area contributed by atoms with Crippen LogP contribution in [-0.2, 0) is 0 Å². The second kappa shape index (κ2) is 1.69. The van der Waals surface area contributed by atoms with Gasteiger partial charge in [-0.1, -0.05) is 11.6 Å². The summed E-state index contributed by atoms with van der Waals surface area (Å²) in [6, 6.07) is 0. The third-order valence-electron chi connectivity index (χ3n) is 0.710. The van der Waals surface area contributed by atoms with Gasteiger partial charge in [0.25, 0.3) is 0 Å². The topological polar surface area (TPSA) is 41.3 Å². The number of halogens is 1. The molecule has 0 aliphatic carbocycles. The van der Waals surface area contributed by atoms with Crippen molar-refractivity contribution in [2.24, 2.45) is 5.84 Å². The molecule has 0 atom stereocenters. The molecule has 0 amide bonds. The van der Waals surface area contributed by atoms with E-state index >= 15 is 0 Å². The molecule has 0 aromatic carbocycles. The first-order valence-electron chi connectivity index (χ1n) is 1.92. The third kappa shape index (κ3) is 1.06. The van der Waals surface area contributed by atoms with Crippen molar-refractivity contribution in [3.05, 3.63) is 11.2 Å². The van der Waals surface area contributed by atoms with Crippen LogP contribution in [0, 0.1) is 0 Å². The van der Waals surface area contributed by atoms with E-state index in [9.17, 15) is 0 Å². The van der Waals surface area contributed by atoms with Gasteiger partial charge in [-0.2, -0.15) is 0 Å². The van der Waals surface area contributed by atoms with Gasteiger partial charge in [0, 0.05) is 6.20 Å². The highest BCUT2D eigenvalue weighted by Crippen LogP contribution is 2.03. The summed E-state index contributed by atoms with van der Waals surface area (Å²) in [6.45, 7) is 0.651. The normalized spacial score (nSPS) is 20.3. The minimum Gasteiger partial charge on any atom is -0.250 e. The van der Waals surface area contributed by atoms with E-state index < -0.39 is 0 Å². The Morgan fingerprint density at radius 2 is 2.71 bits per heavy atom. The maximum Gasteiger partial charge on any atom is 0.0539 e. The monoisotopic (exact) mass is 119 g/mol. The van der Waals surface area contributed by atoms with Crippen molar-refractivity contribution in [1.29, 1.82) is 0 Å². The minimum absolute atomic E-state index is 0.651. The van der Waals surface area contributed by atoms with Crippen molar-refractivity contribution < 1.29 is 0 Å². The lowest BCUT2D eigenvalue weighted by atomic mass is 10.6. The van der Waals surface area contributed by atoms with Crippen LogP contribution in [0.4, 0.5) is 0 Å². The molecular formula is C3H6ClN3. The van der Waals surface area contributed by atoms with Gasteiger partial charge in [-0.15, -0.1) is 0 Å². The summed E-state index contributed by atoms with van der Waals surface area (Å²) in [6.07, 6.45) is 1.63. The molecule has 0 aromatic rings. The molecule has 0 bridgehead atoms. The van der Waals surface area contributed by atoms with Crippen LogP contribution in [0.5, 0.6) is 0 Å². The van der Waals surface area contributed by atoms with E-state index in [4.69, 9.17) is 17.4 Å². The molecule has 4 heteroatoms. The van der Waals surface area contributed by atoms with E-state index in [-0.39, 0.29) is 0 Å². The van der Waals surface area contributed by atoms with Crippen molar-refractivity contribution in [3.63, 3.8) is 0 Å². The van der Waals surface area contributed by atoms with Crippen LogP contribution in [0.25, 0.3) is 0 Å². The Bertz CT molecular complexity index is 100. The lowest BCUT2D eigenvalue weighted by Gasteiger charge is -2.03. The highest BCUT2D eigenvalue weighted by atomic mass is 35.5. The molecule has 0 saturated carbocycles. The van der Waals surface area contributed by atoms with Gasteiger partial charge in [-0.25, -0.2) is 11.3 Å². The fourth-order valence-electron chi connectivity index (χ4n) is 0.409. The van der Waals surface area contributed by atoms with Crippen molar-refractivity contribution in [1.82, 2.24) is 10.5 Å². The first-order valence-corrected chi connectivity index (χ1v) is 2.30. The molecule has 40 valence electrons. The van der Waals surface area contributed by atoms with Crippen LogP contribution < -0.4 is 11.3 Å². The summed E-state index contributed by atoms with van der Waals surface area (Å²) < 4.78 is 0. The van der Waals surface area contributed by atoms with Crippen molar-refractivity contribution in [3.8, 4) is 0 Å². The van der Waals surface area contributed by atoms with Crippen LogP contribution in [-0.4, -0.2) is 11.7 Å². The highest BCUT2D eigenvalue weighted by molar-refractivity contribution is 6.29. The summed E-state index contributed by atoms with van der Waals surface area (Å²) in [4.78, 5) is 0. The third-order valence-corrected chi connectivity index (χ3v) is 0.941. The quantitative estimate of drug-likeness (QED) is 0.433. The molecule has 0 spiro atoms. The van der Waals surface area contributed by atoms with Gasteiger partial charge in [0.15, 0.2) is 0 Å². The SMILES string of the molecule is NN1C=C(Cl)CN1. The predicted octanol–water partition coefficient (Wildman–Crippen LogP) is -0.239. The van der Waals surface area contributed by atoms with Crippen LogP contribution in [0.1, 0.15) is 0 Å². The Hall–Kier alpha value is -0.250. The Labute approximate surface area is 46.7 Å². The first kappa shape index (κ1) is 4.90. The van der Waals surface area contributed by atoms with Crippen molar-refractivity contribution in [2.75, 3.05) is 6.54 Å². The highest BCUT2D eigenvalue weighted by Gasteiger charge is 2.02. The maximum atomic E-state index is 5.48. The summed E-state index contributed by atoms with van der Waals surface area (Å²) in [7, 11) is 0. The lowest BCUT2D eigenvalue weighted by Crippen LogP contribution is -2.34. The number of hydrogen-bond acceptors (Lipinski definition) is 3. The lowest BCUT2D eigenvalue weighted by molar-refractivity contribution is 0.319. The van der Waals surface area contributed by atoms with Gasteiger partial charge in [0.05, 0.1) is 11.6 Å². The van der Waals surface area contributed by atoms with Gasteiger partial charge in [-0.3, -0.25) is 5.12 Å². The Balaban J connectivity index is 2.50. The smallest absolute Gasteiger partial charge is 0.0539 e. The average molecular weight is 120 g/mol. The number of nitrogens with two attached hydrogens (primary N) is 1. The number of nitrogens with one attached hydrogen (secondary N) is 1. The molecule has 0 fully saturated rings. The van der Waals surface area contributed by atoms with E-state index in [1.807, 2.05) is 0 Å². The predicted molar refractivity (Wildman–Crippen MR) is 28.0 cm³/mol. The number of nitrogens with zero attached hydrogens (tertiary/aromatic N) is 1. The van der Waals surface area contributed by atoms with E-state index in [2.05, 4.69) is 5.43 Å². The standard InChI is InChI=1S/C3H6ClN3/c4-3-1-6-7(5)2-3/h2,6H,1,5H2. The van der Waals surface area contributed by atoms with Gasteiger partial charge < -0.3 is 0 Å². The molecule has 0 aromatic heterocycles. The second-order valence-electron chi connectivity index (χ2n) is 1.32. The number of hydrogen-bond donors (Lipinski definition) is 2. The first-order chi connectivity index (χ1) is 3.29. The van der Waals surface area contributed by atoms with Crippen LogP contribution in [0.15, 0.2) is 11.2 Å². The zero-order valence-corrected chi connectivity index (χ0v) is 4.44. The molecule has 1 aliphatic heterocycles. The van der Waals surface area contributed by atoms with Crippen molar-refractivity contribution >= 4 is 11.6 Å².